The average Bonchev–Trinajstić information content (AvgIpc) is 2.27. The maximum Gasteiger partial charge on any atom is 0.411 e. The zero-order chi connectivity index (χ0) is 14.0. The number of hydrogen-bond acceptors (Lipinski definition) is 2. The summed E-state index contributed by atoms with van der Waals surface area (Å²) in [6, 6.07) is 0.248. The van der Waals surface area contributed by atoms with Gasteiger partial charge in [0.15, 0.2) is 0 Å². The van der Waals surface area contributed by atoms with Crippen LogP contribution in [0.3, 0.4) is 0 Å². The van der Waals surface area contributed by atoms with E-state index in [4.69, 9.17) is 0 Å². The van der Waals surface area contributed by atoms with Gasteiger partial charge >= 0.3 is 6.18 Å². The van der Waals surface area contributed by atoms with Gasteiger partial charge in [-0.05, 0) is 31.7 Å². The molecule has 0 aliphatic carbocycles. The van der Waals surface area contributed by atoms with Gasteiger partial charge in [0, 0.05) is 12.6 Å². The molecule has 110 valence electrons. The first-order chi connectivity index (χ1) is 8.40. The highest BCUT2D eigenvalue weighted by molar-refractivity contribution is 4.73. The molecule has 0 bridgehead atoms. The lowest BCUT2D eigenvalue weighted by atomic mass is 9.94. The van der Waals surface area contributed by atoms with Crippen LogP contribution < -0.4 is 5.32 Å². The monoisotopic (exact) mass is 269 g/mol. The smallest absolute Gasteiger partial charge is 0.372 e. The molecule has 0 heterocycles. The van der Waals surface area contributed by atoms with Gasteiger partial charge in [0.05, 0.1) is 0 Å². The standard InChI is InChI=1S/C13H26F3NO/c1-4-6-11(3)12(17-8-5-2)7-9-18-10-13(14,15)16/h11-12,17H,4-10H2,1-3H3. The number of nitrogens with one attached hydrogen (secondary N) is 1. The van der Waals surface area contributed by atoms with Crippen LogP contribution in [0.1, 0.15) is 46.5 Å². The summed E-state index contributed by atoms with van der Waals surface area (Å²) in [6.45, 7) is 6.26. The van der Waals surface area contributed by atoms with Crippen LogP contribution in [-0.2, 0) is 4.74 Å². The number of rotatable bonds is 10. The molecule has 0 aromatic heterocycles. The molecule has 1 N–H and O–H groups in total. The van der Waals surface area contributed by atoms with Crippen LogP contribution in [0.25, 0.3) is 0 Å². The second kappa shape index (κ2) is 9.62. The normalized spacial score (nSPS) is 15.7. The highest BCUT2D eigenvalue weighted by Crippen LogP contribution is 2.16. The summed E-state index contributed by atoms with van der Waals surface area (Å²) in [7, 11) is 0. The van der Waals surface area contributed by atoms with Crippen LogP contribution in [0.4, 0.5) is 13.2 Å². The molecule has 0 radical (unpaired) electrons. The van der Waals surface area contributed by atoms with Gasteiger partial charge in [0.2, 0.25) is 0 Å². The topological polar surface area (TPSA) is 21.3 Å². The van der Waals surface area contributed by atoms with E-state index in [0.717, 1.165) is 25.8 Å². The largest absolute Gasteiger partial charge is 0.411 e. The third-order valence-electron chi connectivity index (χ3n) is 2.93. The van der Waals surface area contributed by atoms with E-state index in [9.17, 15) is 13.2 Å². The molecule has 0 saturated carbocycles. The van der Waals surface area contributed by atoms with Crippen LogP contribution >= 0.6 is 0 Å². The Kier molecular flexibility index (Phi) is 9.46. The molecule has 0 spiro atoms. The van der Waals surface area contributed by atoms with Gasteiger partial charge in [0.25, 0.3) is 0 Å². The Morgan fingerprint density at radius 2 is 1.78 bits per heavy atom. The molecule has 0 aliphatic rings. The fourth-order valence-corrected chi connectivity index (χ4v) is 1.97. The zero-order valence-corrected chi connectivity index (χ0v) is 11.6. The Balaban J connectivity index is 3.92. The van der Waals surface area contributed by atoms with Crippen LogP contribution in [0.15, 0.2) is 0 Å². The molecule has 2 nitrogen and oxygen atoms in total. The van der Waals surface area contributed by atoms with Gasteiger partial charge in [0.1, 0.15) is 6.61 Å². The molecule has 2 unspecified atom stereocenters. The number of ether oxygens (including phenoxy) is 1. The first kappa shape index (κ1) is 17.7. The molecule has 5 heteroatoms. The van der Waals surface area contributed by atoms with Gasteiger partial charge in [-0.1, -0.05) is 27.2 Å². The van der Waals surface area contributed by atoms with Gasteiger partial charge in [-0.3, -0.25) is 0 Å². The molecule has 0 amide bonds. The Bertz CT molecular complexity index is 197. The third-order valence-corrected chi connectivity index (χ3v) is 2.93. The highest BCUT2D eigenvalue weighted by Gasteiger charge is 2.27. The number of halogens is 3. The van der Waals surface area contributed by atoms with Crippen molar-refractivity contribution >= 4 is 0 Å². The van der Waals surface area contributed by atoms with Crippen molar-refractivity contribution in [1.82, 2.24) is 5.32 Å². The predicted molar refractivity (Wildman–Crippen MR) is 67.6 cm³/mol. The van der Waals surface area contributed by atoms with Crippen molar-refractivity contribution in [3.8, 4) is 0 Å². The first-order valence-corrected chi connectivity index (χ1v) is 6.78. The van der Waals surface area contributed by atoms with E-state index in [1.807, 2.05) is 0 Å². The summed E-state index contributed by atoms with van der Waals surface area (Å²) < 4.78 is 40.4. The summed E-state index contributed by atoms with van der Waals surface area (Å²) in [5.41, 5.74) is 0. The van der Waals surface area contributed by atoms with Crippen LogP contribution in [0.5, 0.6) is 0 Å². The summed E-state index contributed by atoms with van der Waals surface area (Å²) in [5, 5.41) is 3.39. The Hall–Kier alpha value is -0.290. The molecule has 0 aromatic rings. The molecule has 0 fully saturated rings. The maximum atomic E-state index is 11.9. The zero-order valence-electron chi connectivity index (χ0n) is 11.6. The van der Waals surface area contributed by atoms with Crippen LogP contribution in [-0.4, -0.2) is 32.0 Å². The minimum Gasteiger partial charge on any atom is -0.372 e. The number of alkyl halides is 3. The summed E-state index contributed by atoms with van der Waals surface area (Å²) >= 11 is 0. The highest BCUT2D eigenvalue weighted by atomic mass is 19.4. The van der Waals surface area contributed by atoms with Crippen molar-refractivity contribution in [2.45, 2.75) is 58.7 Å². The van der Waals surface area contributed by atoms with Gasteiger partial charge in [-0.15, -0.1) is 0 Å². The van der Waals surface area contributed by atoms with Gasteiger partial charge in [-0.25, -0.2) is 0 Å². The molecular weight excluding hydrogens is 243 g/mol. The number of hydrogen-bond donors (Lipinski definition) is 1. The molecule has 0 aromatic carbocycles. The van der Waals surface area contributed by atoms with Crippen molar-refractivity contribution in [3.63, 3.8) is 0 Å². The molecule has 2 atom stereocenters. The quantitative estimate of drug-likeness (QED) is 0.610. The van der Waals surface area contributed by atoms with Crippen molar-refractivity contribution in [2.24, 2.45) is 5.92 Å². The molecule has 0 rings (SSSR count). The van der Waals surface area contributed by atoms with E-state index in [-0.39, 0.29) is 12.6 Å². The van der Waals surface area contributed by atoms with E-state index in [2.05, 4.69) is 30.8 Å². The predicted octanol–water partition coefficient (Wildman–Crippen LogP) is 3.76. The van der Waals surface area contributed by atoms with E-state index >= 15 is 0 Å². The molecular formula is C13H26F3NO. The Labute approximate surface area is 108 Å². The minimum atomic E-state index is -4.22. The fraction of sp³-hybridized carbons (Fsp3) is 1.00. The van der Waals surface area contributed by atoms with E-state index in [0.29, 0.717) is 12.3 Å². The average molecular weight is 269 g/mol. The lowest BCUT2D eigenvalue weighted by Crippen LogP contribution is -2.36. The van der Waals surface area contributed by atoms with Crippen molar-refractivity contribution in [3.05, 3.63) is 0 Å². The van der Waals surface area contributed by atoms with Crippen LogP contribution in [0.2, 0.25) is 0 Å². The third kappa shape index (κ3) is 9.71. The minimum absolute atomic E-state index is 0.162. The first-order valence-electron chi connectivity index (χ1n) is 6.78. The summed E-state index contributed by atoms with van der Waals surface area (Å²) in [4.78, 5) is 0. The SMILES string of the molecule is CCCNC(CCOCC(F)(F)F)C(C)CCC. The lowest BCUT2D eigenvalue weighted by Gasteiger charge is -2.25. The van der Waals surface area contributed by atoms with Crippen molar-refractivity contribution in [1.29, 1.82) is 0 Å². The second-order valence-electron chi connectivity index (χ2n) is 4.78. The fourth-order valence-electron chi connectivity index (χ4n) is 1.97. The van der Waals surface area contributed by atoms with Crippen LogP contribution in [0, 0.1) is 5.92 Å². The summed E-state index contributed by atoms with van der Waals surface area (Å²) in [6.07, 6.45) is -0.382. The Morgan fingerprint density at radius 3 is 2.28 bits per heavy atom. The van der Waals surface area contributed by atoms with E-state index in [1.165, 1.54) is 0 Å². The van der Waals surface area contributed by atoms with Gasteiger partial charge in [-0.2, -0.15) is 13.2 Å². The molecule has 18 heavy (non-hydrogen) atoms. The second-order valence-corrected chi connectivity index (χ2v) is 4.78. The van der Waals surface area contributed by atoms with E-state index in [1.54, 1.807) is 0 Å². The van der Waals surface area contributed by atoms with E-state index < -0.39 is 12.8 Å². The van der Waals surface area contributed by atoms with Crippen molar-refractivity contribution < 1.29 is 17.9 Å². The Morgan fingerprint density at radius 1 is 1.11 bits per heavy atom. The van der Waals surface area contributed by atoms with Gasteiger partial charge < -0.3 is 10.1 Å². The summed E-state index contributed by atoms with van der Waals surface area (Å²) in [5.74, 6) is 0.469. The molecule has 0 aliphatic heterocycles. The lowest BCUT2D eigenvalue weighted by molar-refractivity contribution is -0.174. The molecule has 0 saturated heterocycles. The van der Waals surface area contributed by atoms with Crippen molar-refractivity contribution in [2.75, 3.05) is 19.8 Å². The maximum absolute atomic E-state index is 11.9.